The Morgan fingerprint density at radius 2 is 2.00 bits per heavy atom. The van der Waals surface area contributed by atoms with Crippen molar-refractivity contribution in [3.05, 3.63) is 0 Å². The molecule has 1 saturated carbocycles. The van der Waals surface area contributed by atoms with Gasteiger partial charge in [0.2, 0.25) is 5.91 Å². The van der Waals surface area contributed by atoms with Crippen LogP contribution in [0, 0.1) is 5.92 Å². The summed E-state index contributed by atoms with van der Waals surface area (Å²) < 4.78 is 0. The van der Waals surface area contributed by atoms with Gasteiger partial charge in [0, 0.05) is 20.6 Å². The Morgan fingerprint density at radius 1 is 1.38 bits per heavy atom. The Bertz CT molecular complexity index is 262. The van der Waals surface area contributed by atoms with Gasteiger partial charge in [0.1, 0.15) is 6.04 Å². The molecule has 5 heteroatoms. The maximum Gasteiger partial charge on any atom is 0.315 e. The van der Waals surface area contributed by atoms with E-state index in [2.05, 4.69) is 10.6 Å². The molecule has 5 nitrogen and oxygen atoms in total. The summed E-state index contributed by atoms with van der Waals surface area (Å²) in [4.78, 5) is 24.3. The fraction of sp³-hybridized carbons (Fsp3) is 0.818. The van der Waals surface area contributed by atoms with E-state index in [1.165, 1.54) is 17.7 Å². The van der Waals surface area contributed by atoms with Crippen molar-refractivity contribution < 1.29 is 9.59 Å². The first-order valence-corrected chi connectivity index (χ1v) is 5.76. The highest BCUT2D eigenvalue weighted by Crippen LogP contribution is 2.31. The molecule has 0 aliphatic heterocycles. The molecule has 1 fully saturated rings. The normalized spacial score (nSPS) is 16.4. The van der Waals surface area contributed by atoms with E-state index in [9.17, 15) is 9.59 Å². The predicted octanol–water partition coefficient (Wildman–Crippen LogP) is 0.562. The second kappa shape index (κ2) is 5.72. The van der Waals surface area contributed by atoms with Crippen molar-refractivity contribution in [2.24, 2.45) is 5.92 Å². The summed E-state index contributed by atoms with van der Waals surface area (Å²) in [5.41, 5.74) is 0. The van der Waals surface area contributed by atoms with Crippen LogP contribution in [0.1, 0.15) is 26.2 Å². The topological polar surface area (TPSA) is 61.4 Å². The van der Waals surface area contributed by atoms with Gasteiger partial charge >= 0.3 is 6.03 Å². The van der Waals surface area contributed by atoms with Crippen LogP contribution in [0.2, 0.25) is 0 Å². The molecule has 3 amide bonds. The minimum Gasteiger partial charge on any atom is -0.347 e. The number of amides is 3. The van der Waals surface area contributed by atoms with Gasteiger partial charge in [0.25, 0.3) is 0 Å². The van der Waals surface area contributed by atoms with Crippen LogP contribution in [0.4, 0.5) is 4.79 Å². The van der Waals surface area contributed by atoms with Gasteiger partial charge in [-0.1, -0.05) is 12.8 Å². The lowest BCUT2D eigenvalue weighted by atomic mass is 10.3. The molecular weight excluding hydrogens is 206 g/mol. The molecular formula is C11H21N3O2. The quantitative estimate of drug-likeness (QED) is 0.721. The van der Waals surface area contributed by atoms with E-state index in [4.69, 9.17) is 0 Å². The van der Waals surface area contributed by atoms with Crippen LogP contribution in [0.5, 0.6) is 0 Å². The Labute approximate surface area is 96.6 Å². The molecule has 1 atom stereocenters. The summed E-state index contributed by atoms with van der Waals surface area (Å²) in [5.74, 6) is 0.707. The minimum absolute atomic E-state index is 0.0997. The van der Waals surface area contributed by atoms with Crippen molar-refractivity contribution in [2.45, 2.75) is 32.2 Å². The Kier molecular flexibility index (Phi) is 4.58. The standard InChI is InChI=1S/C11H21N3O2/c1-8(10(15)14(2)3)13-11(16)12-7-6-9-4-5-9/h8-9H,4-7H2,1-3H3,(H2,12,13,16)/t8-/m0/s1. The molecule has 0 aromatic carbocycles. The molecule has 2 N–H and O–H groups in total. The van der Waals surface area contributed by atoms with Crippen LogP contribution in [-0.2, 0) is 4.79 Å². The highest BCUT2D eigenvalue weighted by atomic mass is 16.2. The van der Waals surface area contributed by atoms with E-state index in [-0.39, 0.29) is 11.9 Å². The van der Waals surface area contributed by atoms with Gasteiger partial charge in [-0.05, 0) is 19.3 Å². The Balaban J connectivity index is 2.13. The van der Waals surface area contributed by atoms with Crippen molar-refractivity contribution in [3.63, 3.8) is 0 Å². The molecule has 0 saturated heterocycles. The fourth-order valence-corrected chi connectivity index (χ4v) is 1.49. The Morgan fingerprint density at radius 3 is 2.50 bits per heavy atom. The van der Waals surface area contributed by atoms with Gasteiger partial charge in [0.15, 0.2) is 0 Å². The van der Waals surface area contributed by atoms with Gasteiger partial charge in [-0.25, -0.2) is 4.79 Å². The number of likely N-dealkylation sites (N-methyl/N-ethyl adjacent to an activating group) is 1. The zero-order chi connectivity index (χ0) is 12.1. The van der Waals surface area contributed by atoms with E-state index in [1.54, 1.807) is 21.0 Å². The van der Waals surface area contributed by atoms with Crippen molar-refractivity contribution in [3.8, 4) is 0 Å². The first-order valence-electron chi connectivity index (χ1n) is 5.76. The number of carbonyl (C=O) groups excluding carboxylic acids is 2. The van der Waals surface area contributed by atoms with Crippen LogP contribution >= 0.6 is 0 Å². The molecule has 1 rings (SSSR count). The lowest BCUT2D eigenvalue weighted by molar-refractivity contribution is -0.130. The van der Waals surface area contributed by atoms with Crippen LogP contribution in [0.25, 0.3) is 0 Å². The molecule has 16 heavy (non-hydrogen) atoms. The number of hydrogen-bond acceptors (Lipinski definition) is 2. The van der Waals surface area contributed by atoms with Gasteiger partial charge in [-0.2, -0.15) is 0 Å². The first kappa shape index (κ1) is 12.8. The van der Waals surface area contributed by atoms with E-state index < -0.39 is 6.04 Å². The number of rotatable bonds is 5. The molecule has 92 valence electrons. The number of nitrogens with zero attached hydrogens (tertiary/aromatic N) is 1. The SMILES string of the molecule is C[C@H](NC(=O)NCCC1CC1)C(=O)N(C)C. The van der Waals surface area contributed by atoms with Crippen molar-refractivity contribution in [2.75, 3.05) is 20.6 Å². The molecule has 0 bridgehead atoms. The lowest BCUT2D eigenvalue weighted by Crippen LogP contribution is -2.48. The third-order valence-electron chi connectivity index (χ3n) is 2.69. The van der Waals surface area contributed by atoms with E-state index in [1.807, 2.05) is 0 Å². The molecule has 0 unspecified atom stereocenters. The largest absolute Gasteiger partial charge is 0.347 e. The van der Waals surface area contributed by atoms with Crippen molar-refractivity contribution in [1.82, 2.24) is 15.5 Å². The van der Waals surface area contributed by atoms with Crippen LogP contribution in [0.3, 0.4) is 0 Å². The highest BCUT2D eigenvalue weighted by Gasteiger charge is 2.21. The second-order valence-electron chi connectivity index (χ2n) is 4.59. The number of carbonyl (C=O) groups is 2. The maximum atomic E-state index is 11.5. The second-order valence-corrected chi connectivity index (χ2v) is 4.59. The third-order valence-corrected chi connectivity index (χ3v) is 2.69. The lowest BCUT2D eigenvalue weighted by Gasteiger charge is -2.18. The highest BCUT2D eigenvalue weighted by molar-refractivity contribution is 5.86. The average molecular weight is 227 g/mol. The zero-order valence-electron chi connectivity index (χ0n) is 10.2. The Hall–Kier alpha value is -1.26. The van der Waals surface area contributed by atoms with Gasteiger partial charge in [0.05, 0.1) is 0 Å². The summed E-state index contributed by atoms with van der Waals surface area (Å²) in [6, 6.07) is -0.737. The molecule has 0 aromatic rings. The summed E-state index contributed by atoms with van der Waals surface area (Å²) in [5, 5.41) is 5.37. The molecule has 0 radical (unpaired) electrons. The summed E-state index contributed by atoms with van der Waals surface area (Å²) in [7, 11) is 3.34. The summed E-state index contributed by atoms with van der Waals surface area (Å²) in [6.07, 6.45) is 3.63. The van der Waals surface area contributed by atoms with Crippen molar-refractivity contribution in [1.29, 1.82) is 0 Å². The molecule has 0 heterocycles. The third kappa shape index (κ3) is 4.51. The number of hydrogen-bond donors (Lipinski definition) is 2. The molecule has 1 aliphatic rings. The number of nitrogens with one attached hydrogen (secondary N) is 2. The minimum atomic E-state index is -0.476. The van der Waals surface area contributed by atoms with Gasteiger partial charge in [-0.15, -0.1) is 0 Å². The van der Waals surface area contributed by atoms with Crippen LogP contribution in [0.15, 0.2) is 0 Å². The average Bonchev–Trinajstić information content (AvgIpc) is 3.00. The maximum absolute atomic E-state index is 11.5. The fourth-order valence-electron chi connectivity index (χ4n) is 1.49. The van der Waals surface area contributed by atoms with Crippen LogP contribution in [-0.4, -0.2) is 43.5 Å². The summed E-state index contributed by atoms with van der Waals surface area (Å²) >= 11 is 0. The first-order chi connectivity index (χ1) is 7.50. The van der Waals surface area contributed by atoms with Crippen molar-refractivity contribution >= 4 is 11.9 Å². The van der Waals surface area contributed by atoms with Crippen LogP contribution < -0.4 is 10.6 Å². The monoisotopic (exact) mass is 227 g/mol. The predicted molar refractivity (Wildman–Crippen MR) is 62.0 cm³/mol. The molecule has 0 aromatic heterocycles. The van der Waals surface area contributed by atoms with Gasteiger partial charge < -0.3 is 15.5 Å². The summed E-state index contributed by atoms with van der Waals surface area (Å²) in [6.45, 7) is 2.38. The van der Waals surface area contributed by atoms with E-state index in [0.717, 1.165) is 12.3 Å². The zero-order valence-corrected chi connectivity index (χ0v) is 10.2. The molecule has 0 spiro atoms. The molecule has 1 aliphatic carbocycles. The van der Waals surface area contributed by atoms with E-state index >= 15 is 0 Å². The number of urea groups is 1. The van der Waals surface area contributed by atoms with Gasteiger partial charge in [-0.3, -0.25) is 4.79 Å². The smallest absolute Gasteiger partial charge is 0.315 e. The van der Waals surface area contributed by atoms with E-state index in [0.29, 0.717) is 6.54 Å².